The van der Waals surface area contributed by atoms with Gasteiger partial charge in [-0.25, -0.2) is 9.50 Å². The van der Waals surface area contributed by atoms with Gasteiger partial charge in [0.05, 0.1) is 17.9 Å². The van der Waals surface area contributed by atoms with E-state index in [9.17, 15) is 13.6 Å². The van der Waals surface area contributed by atoms with Crippen LogP contribution in [0.3, 0.4) is 0 Å². The average Bonchev–Trinajstić information content (AvgIpc) is 3.81. The number of hydrogen-bond acceptors (Lipinski definition) is 10. The maximum atomic E-state index is 13.4. The lowest BCUT2D eigenvalue weighted by Gasteiger charge is -2.38. The Kier molecular flexibility index (Phi) is 8.36. The Bertz CT molecular complexity index is 1820. The van der Waals surface area contributed by atoms with E-state index >= 15 is 0 Å². The number of aromatic nitrogens is 9. The molecule has 0 aliphatic carbocycles. The maximum absolute atomic E-state index is 13.4. The van der Waals surface area contributed by atoms with E-state index in [1.807, 2.05) is 6.92 Å². The van der Waals surface area contributed by atoms with Gasteiger partial charge in [-0.3, -0.25) is 9.48 Å². The number of benzene rings is 1. The number of fused-ring (bicyclic) bond motifs is 1. The molecule has 2 fully saturated rings. The Balaban J connectivity index is 1.13. The van der Waals surface area contributed by atoms with Crippen LogP contribution in [0.25, 0.3) is 16.9 Å². The van der Waals surface area contributed by atoms with Crippen LogP contribution in [-0.4, -0.2) is 94.3 Å². The van der Waals surface area contributed by atoms with Crippen molar-refractivity contribution in [1.82, 2.24) is 49.5 Å². The summed E-state index contributed by atoms with van der Waals surface area (Å²) in [6.45, 7) is 2.50. The zero-order chi connectivity index (χ0) is 31.6. The molecule has 1 amide bonds. The largest absolute Gasteiger partial charge is 0.434 e. The number of nitrogens with zero attached hydrogens (tertiary/aromatic N) is 10. The number of rotatable bonds is 9. The van der Waals surface area contributed by atoms with Crippen molar-refractivity contribution in [3.05, 3.63) is 66.0 Å². The number of tetrazole rings is 1. The van der Waals surface area contributed by atoms with Crippen LogP contribution >= 0.6 is 0 Å². The van der Waals surface area contributed by atoms with Gasteiger partial charge in [0.25, 0.3) is 5.91 Å². The highest BCUT2D eigenvalue weighted by Gasteiger charge is 2.29. The summed E-state index contributed by atoms with van der Waals surface area (Å²) >= 11 is 0. The van der Waals surface area contributed by atoms with Crippen molar-refractivity contribution in [1.29, 1.82) is 0 Å². The second-order valence-corrected chi connectivity index (χ2v) is 11.5. The van der Waals surface area contributed by atoms with E-state index in [4.69, 9.17) is 9.47 Å². The Morgan fingerprint density at radius 1 is 1.13 bits per heavy atom. The highest BCUT2D eigenvalue weighted by atomic mass is 19.3. The van der Waals surface area contributed by atoms with Gasteiger partial charge in [0.15, 0.2) is 11.5 Å². The van der Waals surface area contributed by atoms with Crippen molar-refractivity contribution in [3.8, 4) is 17.0 Å². The standard InChI is InChI=1S/C30H33F2N11O3/c1-19-3-4-25(46-30(31)32)22(15-19)27-24(35-29(44)23-16-34-42-10-2-9-33-28(23)42)17-41(38-27)18-26-36-39-43(37-26)21-5-11-40(12-6-21)20-7-13-45-14-8-20/h2-4,9-10,15-17,20-21,30H,5-8,11-14,18H2,1H3,(H,35,44). The zero-order valence-electron chi connectivity index (χ0n) is 25.2. The molecule has 0 radical (unpaired) electrons. The SMILES string of the molecule is Cc1ccc(OC(F)F)c(-c2nn(Cc3nnn(C4CCN(C5CCOCC5)CC4)n3)cc2NC(=O)c2cnn3cccnc23)c1. The lowest BCUT2D eigenvalue weighted by Crippen LogP contribution is -2.44. The van der Waals surface area contributed by atoms with Crippen LogP contribution < -0.4 is 10.1 Å². The number of alkyl halides is 2. The summed E-state index contributed by atoms with van der Waals surface area (Å²) in [6, 6.07) is 7.21. The molecule has 0 atom stereocenters. The third-order valence-corrected chi connectivity index (χ3v) is 8.45. The lowest BCUT2D eigenvalue weighted by atomic mass is 10.00. The molecule has 2 aliphatic rings. The number of aryl methyl sites for hydroxylation is 1. The summed E-state index contributed by atoms with van der Waals surface area (Å²) in [7, 11) is 0. The number of piperidine rings is 1. The molecule has 46 heavy (non-hydrogen) atoms. The normalized spacial score (nSPS) is 16.8. The van der Waals surface area contributed by atoms with Gasteiger partial charge in [-0.2, -0.15) is 23.8 Å². The number of carbonyl (C=O) groups excluding carboxylic acids is 1. The monoisotopic (exact) mass is 633 g/mol. The summed E-state index contributed by atoms with van der Waals surface area (Å²) in [5.74, 6) is -0.135. The third-order valence-electron chi connectivity index (χ3n) is 8.45. The Morgan fingerprint density at radius 3 is 2.76 bits per heavy atom. The molecule has 240 valence electrons. The molecule has 2 saturated heterocycles. The molecule has 0 spiro atoms. The number of anilines is 1. The summed E-state index contributed by atoms with van der Waals surface area (Å²) in [5, 5.41) is 25.0. The van der Waals surface area contributed by atoms with Crippen molar-refractivity contribution in [2.75, 3.05) is 31.6 Å². The molecule has 0 unspecified atom stereocenters. The van der Waals surface area contributed by atoms with Crippen LogP contribution in [0.5, 0.6) is 5.75 Å². The quantitative estimate of drug-likeness (QED) is 0.256. The first kappa shape index (κ1) is 29.9. The van der Waals surface area contributed by atoms with Gasteiger partial charge in [-0.1, -0.05) is 11.6 Å². The van der Waals surface area contributed by atoms with E-state index in [1.165, 1.54) is 16.8 Å². The van der Waals surface area contributed by atoms with Crippen LogP contribution in [0.2, 0.25) is 0 Å². The van der Waals surface area contributed by atoms with Crippen molar-refractivity contribution >= 4 is 17.2 Å². The highest BCUT2D eigenvalue weighted by molar-refractivity contribution is 6.09. The number of amides is 1. The van der Waals surface area contributed by atoms with E-state index in [1.54, 1.807) is 46.3 Å². The summed E-state index contributed by atoms with van der Waals surface area (Å²) in [4.78, 5) is 21.9. The van der Waals surface area contributed by atoms with Gasteiger partial charge in [0, 0.05) is 56.5 Å². The first-order chi connectivity index (χ1) is 22.4. The predicted molar refractivity (Wildman–Crippen MR) is 161 cm³/mol. The van der Waals surface area contributed by atoms with Gasteiger partial charge >= 0.3 is 6.61 Å². The molecule has 4 aromatic heterocycles. The second-order valence-electron chi connectivity index (χ2n) is 11.5. The number of nitrogens with one attached hydrogen (secondary N) is 1. The van der Waals surface area contributed by atoms with Gasteiger partial charge in [-0.15, -0.1) is 10.2 Å². The van der Waals surface area contributed by atoms with Crippen LogP contribution in [0.1, 0.15) is 53.5 Å². The molecular formula is C30H33F2N11O3. The first-order valence-electron chi connectivity index (χ1n) is 15.2. The van der Waals surface area contributed by atoms with E-state index in [0.717, 1.165) is 57.6 Å². The fourth-order valence-electron chi connectivity index (χ4n) is 6.15. The number of halogens is 2. The molecule has 5 aromatic rings. The number of hydrogen-bond donors (Lipinski definition) is 1. The molecule has 7 rings (SSSR count). The number of likely N-dealkylation sites (tertiary alicyclic amines) is 1. The minimum atomic E-state index is -3.05. The van der Waals surface area contributed by atoms with Gasteiger partial charge in [0.1, 0.15) is 23.6 Å². The summed E-state index contributed by atoms with van der Waals surface area (Å²) in [5.41, 5.74) is 2.21. The molecular weight excluding hydrogens is 600 g/mol. The topological polar surface area (TPSA) is 142 Å². The van der Waals surface area contributed by atoms with E-state index in [-0.39, 0.29) is 35.3 Å². The van der Waals surface area contributed by atoms with Crippen LogP contribution in [-0.2, 0) is 11.3 Å². The minimum absolute atomic E-state index is 0.0739. The smallest absolute Gasteiger partial charge is 0.387 e. The minimum Gasteiger partial charge on any atom is -0.434 e. The van der Waals surface area contributed by atoms with Crippen molar-refractivity contribution in [2.45, 2.75) is 57.8 Å². The van der Waals surface area contributed by atoms with E-state index in [2.05, 4.69) is 40.8 Å². The summed E-state index contributed by atoms with van der Waals surface area (Å²) < 4.78 is 40.1. The Hall–Kier alpha value is -4.83. The molecule has 0 saturated carbocycles. The average molecular weight is 634 g/mol. The van der Waals surface area contributed by atoms with Gasteiger partial charge in [-0.05, 0) is 56.0 Å². The zero-order valence-corrected chi connectivity index (χ0v) is 25.2. The maximum Gasteiger partial charge on any atom is 0.387 e. The molecule has 14 nitrogen and oxygen atoms in total. The van der Waals surface area contributed by atoms with Crippen LogP contribution in [0.4, 0.5) is 14.5 Å². The summed E-state index contributed by atoms with van der Waals surface area (Å²) in [6.07, 6.45) is 10.2. The number of ether oxygens (including phenoxy) is 2. The van der Waals surface area contributed by atoms with Crippen molar-refractivity contribution in [3.63, 3.8) is 0 Å². The van der Waals surface area contributed by atoms with Crippen LogP contribution in [0, 0.1) is 6.92 Å². The third kappa shape index (κ3) is 6.30. The molecule has 16 heteroatoms. The fourth-order valence-corrected chi connectivity index (χ4v) is 6.15. The lowest BCUT2D eigenvalue weighted by molar-refractivity contribution is -0.0494. The second kappa shape index (κ2) is 12.9. The highest BCUT2D eigenvalue weighted by Crippen LogP contribution is 2.36. The van der Waals surface area contributed by atoms with Gasteiger partial charge in [0.2, 0.25) is 0 Å². The van der Waals surface area contributed by atoms with Crippen molar-refractivity contribution < 1.29 is 23.0 Å². The predicted octanol–water partition coefficient (Wildman–Crippen LogP) is 3.61. The fraction of sp³-hybridized carbons (Fsp3) is 0.433. The van der Waals surface area contributed by atoms with E-state index in [0.29, 0.717) is 23.1 Å². The Morgan fingerprint density at radius 2 is 1.96 bits per heavy atom. The van der Waals surface area contributed by atoms with Gasteiger partial charge < -0.3 is 19.7 Å². The van der Waals surface area contributed by atoms with E-state index < -0.39 is 12.5 Å². The van der Waals surface area contributed by atoms with Crippen LogP contribution in [0.15, 0.2) is 49.1 Å². The molecule has 1 aromatic carbocycles. The molecule has 6 heterocycles. The Labute approximate surface area is 262 Å². The first-order valence-corrected chi connectivity index (χ1v) is 15.2. The molecule has 2 aliphatic heterocycles. The number of carbonyl (C=O) groups is 1. The molecule has 0 bridgehead atoms. The molecule has 1 N–H and O–H groups in total. The van der Waals surface area contributed by atoms with Crippen molar-refractivity contribution in [2.24, 2.45) is 0 Å².